The second-order valence-corrected chi connectivity index (χ2v) is 3.42. The number of benzene rings is 1. The van der Waals surface area contributed by atoms with Crippen LogP contribution in [0.25, 0.3) is 0 Å². The minimum Gasteiger partial charge on any atom is -0.481 e. The summed E-state index contributed by atoms with van der Waals surface area (Å²) >= 11 is 0. The van der Waals surface area contributed by atoms with Crippen molar-refractivity contribution in [1.82, 2.24) is 0 Å². The number of carboxylic acid groups (broad SMARTS) is 2. The Morgan fingerprint density at radius 1 is 1.00 bits per heavy atom. The molecule has 0 saturated heterocycles. The van der Waals surface area contributed by atoms with Crippen molar-refractivity contribution in [2.75, 3.05) is 0 Å². The highest BCUT2D eigenvalue weighted by Crippen LogP contribution is 2.23. The van der Waals surface area contributed by atoms with Gasteiger partial charge in [-0.25, -0.2) is 9.59 Å². The van der Waals surface area contributed by atoms with E-state index in [-0.39, 0.29) is 0 Å². The molecule has 8 nitrogen and oxygen atoms in total. The number of hydrogen-bond acceptors (Lipinski definition) is 6. The summed E-state index contributed by atoms with van der Waals surface area (Å²) in [6.45, 7) is 3.96. The Bertz CT molecular complexity index is 564. The third-order valence-corrected chi connectivity index (χ3v) is 1.53. The highest BCUT2D eigenvalue weighted by Gasteiger charge is 1.97. The molecule has 0 aliphatic heterocycles. The summed E-state index contributed by atoms with van der Waals surface area (Å²) in [6, 6.07) is 4.88. The van der Waals surface area contributed by atoms with E-state index >= 15 is 0 Å². The minimum absolute atomic E-state index is 0.426. The molecule has 1 aromatic carbocycles. The molecular formula is C13H14N2O6. The quantitative estimate of drug-likeness (QED) is 0.633. The van der Waals surface area contributed by atoms with Crippen molar-refractivity contribution in [3.8, 4) is 0 Å². The van der Waals surface area contributed by atoms with Gasteiger partial charge in [-0.2, -0.15) is 9.98 Å². The zero-order valence-corrected chi connectivity index (χ0v) is 11.7. The molecular weight excluding hydrogens is 280 g/mol. The minimum atomic E-state index is -0.833. The molecule has 0 fully saturated rings. The molecule has 0 spiro atoms. The molecule has 0 atom stereocenters. The standard InChI is InChI=1S/C9H6N2O2.2C2H4O2/c1-7-2-3-8(10-5-12)4-9(7)11-6-13;2*1-2(3)4/h2-4H,1H3;2*1H3,(H,3,4). The number of isocyanates is 2. The van der Waals surface area contributed by atoms with E-state index in [9.17, 15) is 9.59 Å². The summed E-state index contributed by atoms with van der Waals surface area (Å²) in [6.07, 6.45) is 2.84. The third-order valence-electron chi connectivity index (χ3n) is 1.53. The van der Waals surface area contributed by atoms with Crippen molar-refractivity contribution < 1.29 is 29.4 Å². The summed E-state index contributed by atoms with van der Waals surface area (Å²) in [7, 11) is 0. The molecule has 0 bridgehead atoms. The van der Waals surface area contributed by atoms with Gasteiger partial charge in [0.2, 0.25) is 12.2 Å². The molecule has 0 saturated carbocycles. The van der Waals surface area contributed by atoms with Crippen molar-refractivity contribution in [1.29, 1.82) is 0 Å². The van der Waals surface area contributed by atoms with Crippen LogP contribution in [0.4, 0.5) is 11.4 Å². The number of carboxylic acids is 2. The van der Waals surface area contributed by atoms with Gasteiger partial charge in [-0.1, -0.05) is 6.07 Å². The normalized spacial score (nSPS) is 7.57. The van der Waals surface area contributed by atoms with E-state index in [1.165, 1.54) is 18.2 Å². The van der Waals surface area contributed by atoms with Gasteiger partial charge < -0.3 is 10.2 Å². The lowest BCUT2D eigenvalue weighted by atomic mass is 10.2. The maximum atomic E-state index is 10.00. The van der Waals surface area contributed by atoms with E-state index in [1.54, 1.807) is 19.1 Å². The zero-order chi connectivity index (χ0) is 16.8. The molecule has 2 N–H and O–H groups in total. The van der Waals surface area contributed by atoms with Crippen LogP contribution in [0.3, 0.4) is 0 Å². The fraction of sp³-hybridized carbons (Fsp3) is 0.231. The van der Waals surface area contributed by atoms with E-state index < -0.39 is 11.9 Å². The fourth-order valence-electron chi connectivity index (χ4n) is 0.890. The van der Waals surface area contributed by atoms with Crippen LogP contribution < -0.4 is 0 Å². The van der Waals surface area contributed by atoms with Gasteiger partial charge in [0.15, 0.2) is 0 Å². The SMILES string of the molecule is CC(=O)O.CC(=O)O.Cc1ccc(N=C=O)cc1N=C=O. The largest absolute Gasteiger partial charge is 0.481 e. The lowest BCUT2D eigenvalue weighted by Gasteiger charge is -1.97. The van der Waals surface area contributed by atoms with Gasteiger partial charge >= 0.3 is 0 Å². The van der Waals surface area contributed by atoms with Crippen molar-refractivity contribution in [2.45, 2.75) is 20.8 Å². The predicted octanol–water partition coefficient (Wildman–Crippen LogP) is 2.11. The predicted molar refractivity (Wildman–Crippen MR) is 73.4 cm³/mol. The molecule has 0 aliphatic carbocycles. The molecule has 0 aromatic heterocycles. The Hall–Kier alpha value is -3.08. The second kappa shape index (κ2) is 12.0. The molecule has 0 aliphatic rings. The Kier molecular flexibility index (Phi) is 11.5. The van der Waals surface area contributed by atoms with Gasteiger partial charge in [0.25, 0.3) is 11.9 Å². The van der Waals surface area contributed by atoms with Gasteiger partial charge in [-0.3, -0.25) is 9.59 Å². The van der Waals surface area contributed by atoms with E-state index in [1.807, 2.05) is 0 Å². The monoisotopic (exact) mass is 294 g/mol. The highest BCUT2D eigenvalue weighted by molar-refractivity contribution is 5.63. The van der Waals surface area contributed by atoms with E-state index in [0.29, 0.717) is 11.4 Å². The number of carbonyl (C=O) groups excluding carboxylic acids is 2. The number of aryl methyl sites for hydroxylation is 1. The molecule has 0 amide bonds. The maximum absolute atomic E-state index is 10.00. The van der Waals surface area contributed by atoms with Crippen molar-refractivity contribution in [3.63, 3.8) is 0 Å². The summed E-state index contributed by atoms with van der Waals surface area (Å²) in [5.74, 6) is -1.67. The van der Waals surface area contributed by atoms with Crippen molar-refractivity contribution >= 4 is 35.5 Å². The van der Waals surface area contributed by atoms with Crippen molar-refractivity contribution in [3.05, 3.63) is 23.8 Å². The molecule has 1 rings (SSSR count). The summed E-state index contributed by atoms with van der Waals surface area (Å²) < 4.78 is 0. The summed E-state index contributed by atoms with van der Waals surface area (Å²) in [5, 5.41) is 14.8. The molecule has 1 aromatic rings. The Morgan fingerprint density at radius 2 is 1.43 bits per heavy atom. The van der Waals surface area contributed by atoms with E-state index in [0.717, 1.165) is 19.4 Å². The highest BCUT2D eigenvalue weighted by atomic mass is 16.4. The number of hydrogen-bond donors (Lipinski definition) is 2. The lowest BCUT2D eigenvalue weighted by Crippen LogP contribution is -1.78. The number of carbonyl (C=O) groups is 2. The number of rotatable bonds is 2. The van der Waals surface area contributed by atoms with Crippen LogP contribution in [0.15, 0.2) is 28.2 Å². The smallest absolute Gasteiger partial charge is 0.300 e. The van der Waals surface area contributed by atoms with Gasteiger partial charge in [-0.05, 0) is 24.6 Å². The number of aliphatic carboxylic acids is 2. The first-order chi connectivity index (χ1) is 9.74. The Labute approximate surface area is 120 Å². The number of nitrogens with zero attached hydrogens (tertiary/aromatic N) is 2. The molecule has 0 unspecified atom stereocenters. The van der Waals surface area contributed by atoms with Crippen LogP contribution in [0.2, 0.25) is 0 Å². The molecule has 0 radical (unpaired) electrons. The van der Waals surface area contributed by atoms with Gasteiger partial charge in [-0.15, -0.1) is 0 Å². The second-order valence-electron chi connectivity index (χ2n) is 3.42. The van der Waals surface area contributed by atoms with Gasteiger partial charge in [0, 0.05) is 13.8 Å². The van der Waals surface area contributed by atoms with Gasteiger partial charge in [0.05, 0.1) is 11.4 Å². The van der Waals surface area contributed by atoms with Crippen LogP contribution in [-0.2, 0) is 19.2 Å². The maximum Gasteiger partial charge on any atom is 0.300 e. The first-order valence-corrected chi connectivity index (χ1v) is 5.40. The van der Waals surface area contributed by atoms with Crippen LogP contribution in [0.1, 0.15) is 19.4 Å². The van der Waals surface area contributed by atoms with Crippen LogP contribution in [0.5, 0.6) is 0 Å². The van der Waals surface area contributed by atoms with Gasteiger partial charge in [0.1, 0.15) is 0 Å². The average molecular weight is 294 g/mol. The molecule has 21 heavy (non-hydrogen) atoms. The lowest BCUT2D eigenvalue weighted by molar-refractivity contribution is -0.135. The first kappa shape index (κ1) is 20.2. The van der Waals surface area contributed by atoms with E-state index in [4.69, 9.17) is 19.8 Å². The fourth-order valence-corrected chi connectivity index (χ4v) is 0.890. The first-order valence-electron chi connectivity index (χ1n) is 5.40. The molecule has 0 heterocycles. The zero-order valence-electron chi connectivity index (χ0n) is 11.7. The summed E-state index contributed by atoms with van der Waals surface area (Å²) in [4.78, 5) is 44.8. The van der Waals surface area contributed by atoms with Crippen LogP contribution in [0, 0.1) is 6.92 Å². The van der Waals surface area contributed by atoms with E-state index in [2.05, 4.69) is 9.98 Å². The molecule has 8 heteroatoms. The topological polar surface area (TPSA) is 133 Å². The van der Waals surface area contributed by atoms with Crippen molar-refractivity contribution in [2.24, 2.45) is 9.98 Å². The average Bonchev–Trinajstić information content (AvgIpc) is 2.33. The van der Waals surface area contributed by atoms with Crippen LogP contribution in [-0.4, -0.2) is 34.3 Å². The summed E-state index contributed by atoms with van der Waals surface area (Å²) in [5.41, 5.74) is 1.72. The number of aliphatic imine (C=N–C) groups is 2. The Morgan fingerprint density at radius 3 is 1.81 bits per heavy atom. The third kappa shape index (κ3) is 14.9. The van der Waals surface area contributed by atoms with Crippen LogP contribution >= 0.6 is 0 Å². The Balaban J connectivity index is 0. The molecule has 112 valence electrons.